The normalized spacial score (nSPS) is 18.2. The van der Waals surface area contributed by atoms with Crippen LogP contribution in [-0.4, -0.2) is 45.2 Å². The molecule has 2 heterocycles. The zero-order chi connectivity index (χ0) is 22.4. The minimum atomic E-state index is -2.75. The molecule has 1 aliphatic heterocycles. The van der Waals surface area contributed by atoms with Crippen molar-refractivity contribution < 1.29 is 18.7 Å². The Kier molecular flexibility index (Phi) is 5.00. The van der Waals surface area contributed by atoms with E-state index in [4.69, 9.17) is 0 Å². The first-order valence-electron chi connectivity index (χ1n) is 10.5. The monoisotopic (exact) mass is 437 g/mol. The van der Waals surface area contributed by atoms with Crippen molar-refractivity contribution in [1.29, 1.82) is 0 Å². The fourth-order valence-corrected chi connectivity index (χ4v) is 5.00. The summed E-state index contributed by atoms with van der Waals surface area (Å²) < 4.78 is 28.0. The Hall–Kier alpha value is -3.55. The molecule has 2 aromatic carbocycles. The molecule has 1 N–H and O–H groups in total. The highest BCUT2D eigenvalue weighted by molar-refractivity contribution is 5.95. The van der Waals surface area contributed by atoms with Crippen LogP contribution in [0.15, 0.2) is 59.5 Å². The van der Waals surface area contributed by atoms with E-state index >= 15 is 0 Å². The number of hydrogen-bond donors (Lipinski definition) is 1. The Morgan fingerprint density at radius 2 is 1.59 bits per heavy atom. The highest BCUT2D eigenvalue weighted by Crippen LogP contribution is 2.43. The van der Waals surface area contributed by atoms with Gasteiger partial charge in [0.25, 0.3) is 12.3 Å². The van der Waals surface area contributed by atoms with E-state index in [1.165, 1.54) is 4.68 Å². The quantitative estimate of drug-likeness (QED) is 0.683. The van der Waals surface area contributed by atoms with E-state index in [0.29, 0.717) is 0 Å². The van der Waals surface area contributed by atoms with Gasteiger partial charge in [0.1, 0.15) is 0 Å². The van der Waals surface area contributed by atoms with Crippen LogP contribution >= 0.6 is 0 Å². The SMILES string of the molecule is O=C1c2c(O)c(=O)cnn2C(C2c3ccccc3CCc3ccccc32)CN1CC(F)F. The summed E-state index contributed by atoms with van der Waals surface area (Å²) in [4.78, 5) is 26.0. The highest BCUT2D eigenvalue weighted by atomic mass is 19.3. The van der Waals surface area contributed by atoms with Gasteiger partial charge in [0.05, 0.1) is 18.8 Å². The Bertz CT molecular complexity index is 1210. The largest absolute Gasteiger partial charge is 0.502 e. The smallest absolute Gasteiger partial charge is 0.276 e. The molecule has 164 valence electrons. The van der Waals surface area contributed by atoms with Crippen molar-refractivity contribution >= 4 is 5.91 Å². The summed E-state index contributed by atoms with van der Waals surface area (Å²) in [6, 6.07) is 15.4. The molecule has 1 aliphatic carbocycles. The van der Waals surface area contributed by atoms with E-state index in [9.17, 15) is 23.5 Å². The van der Waals surface area contributed by atoms with Crippen molar-refractivity contribution in [2.75, 3.05) is 13.1 Å². The molecule has 0 spiro atoms. The van der Waals surface area contributed by atoms with Crippen molar-refractivity contribution in [3.05, 3.63) is 92.9 Å². The third-order valence-electron chi connectivity index (χ3n) is 6.38. The van der Waals surface area contributed by atoms with E-state index in [1.54, 1.807) is 0 Å². The summed E-state index contributed by atoms with van der Waals surface area (Å²) in [6.07, 6.45) is -0.126. The topological polar surface area (TPSA) is 75.4 Å². The van der Waals surface area contributed by atoms with Crippen LogP contribution in [0.4, 0.5) is 8.78 Å². The van der Waals surface area contributed by atoms with Crippen LogP contribution in [0.5, 0.6) is 5.75 Å². The number of nitrogens with zero attached hydrogens (tertiary/aromatic N) is 3. The van der Waals surface area contributed by atoms with Gasteiger partial charge < -0.3 is 10.0 Å². The van der Waals surface area contributed by atoms with Crippen molar-refractivity contribution in [3.63, 3.8) is 0 Å². The fraction of sp³-hybridized carbons (Fsp3) is 0.292. The number of aromatic hydroxyl groups is 1. The van der Waals surface area contributed by atoms with Gasteiger partial charge in [-0.25, -0.2) is 8.78 Å². The predicted octanol–water partition coefficient (Wildman–Crippen LogP) is 3.14. The molecule has 0 radical (unpaired) electrons. The van der Waals surface area contributed by atoms with Gasteiger partial charge in [-0.1, -0.05) is 48.5 Å². The molecular weight excluding hydrogens is 416 g/mol. The average Bonchev–Trinajstić information content (AvgIpc) is 2.94. The van der Waals surface area contributed by atoms with Gasteiger partial charge in [-0.15, -0.1) is 0 Å². The number of fused-ring (bicyclic) bond motifs is 3. The zero-order valence-electron chi connectivity index (χ0n) is 17.1. The lowest BCUT2D eigenvalue weighted by molar-refractivity contribution is 0.0418. The standard InChI is InChI=1S/C24H21F2N3O3/c25-20(26)13-28-12-18(29-22(24(28)32)23(31)19(30)11-27-29)21-16-7-3-1-5-14(16)9-10-15-6-2-4-8-17(15)21/h1-8,11,18,20-21,31H,9-10,12-13H2. The average molecular weight is 437 g/mol. The van der Waals surface area contributed by atoms with Gasteiger partial charge in [0, 0.05) is 12.5 Å². The second-order valence-electron chi connectivity index (χ2n) is 8.19. The number of aromatic nitrogens is 2. The van der Waals surface area contributed by atoms with Crippen LogP contribution in [-0.2, 0) is 12.8 Å². The Balaban J connectivity index is 1.76. The molecule has 0 saturated carbocycles. The maximum absolute atomic E-state index is 13.3. The molecule has 8 heteroatoms. The molecule has 1 amide bonds. The molecule has 0 saturated heterocycles. The number of rotatable bonds is 3. The van der Waals surface area contributed by atoms with Crippen LogP contribution in [0, 0.1) is 0 Å². The van der Waals surface area contributed by atoms with Crippen molar-refractivity contribution in [3.8, 4) is 5.75 Å². The highest BCUT2D eigenvalue weighted by Gasteiger charge is 2.41. The van der Waals surface area contributed by atoms with Gasteiger partial charge >= 0.3 is 0 Å². The van der Waals surface area contributed by atoms with Crippen molar-refractivity contribution in [1.82, 2.24) is 14.7 Å². The molecule has 0 bridgehead atoms. The first-order valence-corrected chi connectivity index (χ1v) is 10.5. The van der Waals surface area contributed by atoms with Gasteiger partial charge in [0.15, 0.2) is 11.4 Å². The second-order valence-corrected chi connectivity index (χ2v) is 8.19. The van der Waals surface area contributed by atoms with E-state index < -0.39 is 36.1 Å². The summed E-state index contributed by atoms with van der Waals surface area (Å²) in [7, 11) is 0. The summed E-state index contributed by atoms with van der Waals surface area (Å²) in [5.41, 5.74) is 3.17. The summed E-state index contributed by atoms with van der Waals surface area (Å²) >= 11 is 0. The number of alkyl halides is 2. The molecule has 6 nitrogen and oxygen atoms in total. The number of carbonyl (C=O) groups excluding carboxylic acids is 1. The molecule has 0 fully saturated rings. The number of amides is 1. The second kappa shape index (κ2) is 7.85. The van der Waals surface area contributed by atoms with Gasteiger partial charge in [-0.3, -0.25) is 14.3 Å². The van der Waals surface area contributed by atoms with Crippen LogP contribution in [0.2, 0.25) is 0 Å². The Morgan fingerprint density at radius 3 is 2.19 bits per heavy atom. The maximum atomic E-state index is 13.3. The minimum absolute atomic E-state index is 0.0151. The summed E-state index contributed by atoms with van der Waals surface area (Å²) in [6.45, 7) is -0.799. The van der Waals surface area contributed by atoms with Gasteiger partial charge in [-0.2, -0.15) is 5.10 Å². The Labute approximate surface area is 182 Å². The van der Waals surface area contributed by atoms with Gasteiger partial charge in [-0.05, 0) is 35.1 Å². The molecule has 2 aliphatic rings. The maximum Gasteiger partial charge on any atom is 0.276 e. The van der Waals surface area contributed by atoms with Crippen LogP contribution in [0.1, 0.15) is 44.7 Å². The van der Waals surface area contributed by atoms with E-state index in [2.05, 4.69) is 17.2 Å². The lowest BCUT2D eigenvalue weighted by atomic mass is 9.81. The third kappa shape index (κ3) is 3.26. The lowest BCUT2D eigenvalue weighted by Gasteiger charge is -2.39. The fourth-order valence-electron chi connectivity index (χ4n) is 5.00. The molecule has 5 rings (SSSR count). The predicted molar refractivity (Wildman–Crippen MR) is 113 cm³/mol. The zero-order valence-corrected chi connectivity index (χ0v) is 17.1. The molecule has 1 atom stereocenters. The number of hydrogen-bond acceptors (Lipinski definition) is 4. The number of halogens is 2. The van der Waals surface area contributed by atoms with E-state index in [1.807, 2.05) is 36.4 Å². The van der Waals surface area contributed by atoms with Gasteiger partial charge in [0.2, 0.25) is 5.43 Å². The molecule has 1 unspecified atom stereocenters. The van der Waals surface area contributed by atoms with E-state index in [-0.39, 0.29) is 18.2 Å². The van der Waals surface area contributed by atoms with Crippen molar-refractivity contribution in [2.45, 2.75) is 31.2 Å². The Morgan fingerprint density at radius 1 is 1.00 bits per heavy atom. The van der Waals surface area contributed by atoms with Crippen LogP contribution in [0.25, 0.3) is 0 Å². The van der Waals surface area contributed by atoms with Crippen LogP contribution in [0.3, 0.4) is 0 Å². The first-order chi connectivity index (χ1) is 15.5. The minimum Gasteiger partial charge on any atom is -0.502 e. The molecule has 3 aromatic rings. The molecular formula is C24H21F2N3O3. The van der Waals surface area contributed by atoms with Crippen molar-refractivity contribution in [2.24, 2.45) is 0 Å². The molecule has 32 heavy (non-hydrogen) atoms. The summed E-state index contributed by atoms with van der Waals surface area (Å²) in [5.74, 6) is -1.88. The van der Waals surface area contributed by atoms with Crippen LogP contribution < -0.4 is 5.43 Å². The lowest BCUT2D eigenvalue weighted by Crippen LogP contribution is -2.48. The molecule has 1 aromatic heterocycles. The first kappa shape index (κ1) is 20.4. The number of carbonyl (C=O) groups is 1. The number of benzene rings is 2. The van der Waals surface area contributed by atoms with E-state index in [0.717, 1.165) is 46.2 Å². The third-order valence-corrected chi connectivity index (χ3v) is 6.38. The number of aryl methyl sites for hydroxylation is 2. The summed E-state index contributed by atoms with van der Waals surface area (Å²) in [5, 5.41) is 14.6.